The smallest absolute Gasteiger partial charge is 0.351 e. The van der Waals surface area contributed by atoms with Gasteiger partial charge in [0.25, 0.3) is 0 Å². The van der Waals surface area contributed by atoms with E-state index >= 15 is 0 Å². The number of carboxylic acids is 1. The largest absolute Gasteiger partial charge is 0.478 e. The second-order valence-electron chi connectivity index (χ2n) is 15.2. The van der Waals surface area contributed by atoms with Crippen molar-refractivity contribution in [2.45, 2.75) is 132 Å². The molecule has 0 aromatic heterocycles. The summed E-state index contributed by atoms with van der Waals surface area (Å²) in [6.07, 6.45) is 10.3. The van der Waals surface area contributed by atoms with Gasteiger partial charge in [-0.3, -0.25) is 10.1 Å². The number of β-amino-alcohol motifs (C(OH)–C–C–N with tert-alkyl or cyclic N) is 1. The Kier molecular flexibility index (Phi) is 6.40. The molecule has 9 heteroatoms. The van der Waals surface area contributed by atoms with Gasteiger partial charge in [-0.05, 0) is 113 Å². The molecule has 1 heterocycles. The molecule has 0 spiro atoms. The van der Waals surface area contributed by atoms with E-state index < -0.39 is 36.0 Å². The highest BCUT2D eigenvalue weighted by Gasteiger charge is 2.60. The predicted molar refractivity (Wildman–Crippen MR) is 142 cm³/mol. The highest BCUT2D eigenvalue weighted by molar-refractivity contribution is 5.78. The lowest BCUT2D eigenvalue weighted by Crippen LogP contribution is -2.75. The minimum Gasteiger partial charge on any atom is -0.478 e. The summed E-state index contributed by atoms with van der Waals surface area (Å²) in [6.45, 7) is 1.61. The van der Waals surface area contributed by atoms with E-state index in [1.807, 2.05) is 0 Å². The van der Waals surface area contributed by atoms with Crippen LogP contribution in [0, 0.1) is 35.5 Å². The first-order chi connectivity index (χ1) is 18.5. The molecule has 218 valence electrons. The molecule has 5 atom stereocenters. The van der Waals surface area contributed by atoms with E-state index in [2.05, 4.69) is 16.0 Å². The maximum atomic E-state index is 12.9. The molecule has 5 unspecified atom stereocenters. The first kappa shape index (κ1) is 26.6. The first-order valence-electron chi connectivity index (χ1n) is 15.6. The summed E-state index contributed by atoms with van der Waals surface area (Å²) in [5.41, 5.74) is -2.11. The summed E-state index contributed by atoms with van der Waals surface area (Å²) < 4.78 is 6.42. The average molecular weight is 546 g/mol. The minimum atomic E-state index is -1.81. The second-order valence-corrected chi connectivity index (χ2v) is 15.2. The molecule has 9 aliphatic rings. The number of aliphatic hydroxyl groups is 2. The molecule has 0 aromatic carbocycles. The van der Waals surface area contributed by atoms with Gasteiger partial charge in [-0.25, -0.2) is 4.79 Å². The van der Waals surface area contributed by atoms with Crippen LogP contribution in [0.4, 0.5) is 0 Å². The summed E-state index contributed by atoms with van der Waals surface area (Å²) in [5.74, 6) is 2.60. The lowest BCUT2D eigenvalue weighted by Gasteiger charge is -2.60. The molecule has 9 fully saturated rings. The molecule has 1 saturated heterocycles. The summed E-state index contributed by atoms with van der Waals surface area (Å²) in [7, 11) is 0. The molecule has 1 amide bonds. The highest BCUT2D eigenvalue weighted by Crippen LogP contribution is 2.57. The monoisotopic (exact) mass is 545 g/mol. The molecule has 0 aromatic rings. The number of carboxylic acid groups (broad SMARTS) is 1. The molecule has 39 heavy (non-hydrogen) atoms. The van der Waals surface area contributed by atoms with E-state index in [0.717, 1.165) is 56.3 Å². The van der Waals surface area contributed by atoms with Gasteiger partial charge in [0.05, 0.1) is 18.2 Å². The summed E-state index contributed by atoms with van der Waals surface area (Å²) in [6, 6.07) is -0.888. The zero-order chi connectivity index (χ0) is 27.2. The van der Waals surface area contributed by atoms with E-state index in [1.54, 1.807) is 0 Å². The molecule has 9 rings (SSSR count). The van der Waals surface area contributed by atoms with Gasteiger partial charge in [0, 0.05) is 31.0 Å². The van der Waals surface area contributed by atoms with Crippen molar-refractivity contribution in [3.05, 3.63) is 0 Å². The van der Waals surface area contributed by atoms with Crippen LogP contribution in [0.5, 0.6) is 0 Å². The Morgan fingerprint density at radius 2 is 1.28 bits per heavy atom. The van der Waals surface area contributed by atoms with E-state index in [4.69, 9.17) is 4.74 Å². The Bertz CT molecular complexity index is 933. The lowest BCUT2D eigenvalue weighted by molar-refractivity contribution is -0.239. The molecule has 1 aliphatic heterocycles. The number of aliphatic carboxylic acids is 1. The lowest BCUT2D eigenvalue weighted by atomic mass is 9.52. The number of carbonyl (C=O) groups is 2. The van der Waals surface area contributed by atoms with Crippen molar-refractivity contribution in [1.29, 1.82) is 0 Å². The van der Waals surface area contributed by atoms with Crippen LogP contribution in [-0.2, 0) is 14.3 Å². The van der Waals surface area contributed by atoms with Crippen molar-refractivity contribution in [2.24, 2.45) is 35.5 Å². The van der Waals surface area contributed by atoms with Gasteiger partial charge in [0.2, 0.25) is 11.6 Å². The van der Waals surface area contributed by atoms with Crippen LogP contribution in [0.1, 0.15) is 90.4 Å². The number of hydrogen-bond donors (Lipinski definition) is 6. The number of hydrogen-bond acceptors (Lipinski definition) is 7. The highest BCUT2D eigenvalue weighted by atomic mass is 16.6. The van der Waals surface area contributed by atoms with Crippen LogP contribution in [0.2, 0.25) is 0 Å². The number of nitrogens with one attached hydrogen (secondary N) is 3. The average Bonchev–Trinajstić information content (AvgIpc) is 2.82. The van der Waals surface area contributed by atoms with Crippen molar-refractivity contribution in [1.82, 2.24) is 16.0 Å². The Balaban J connectivity index is 1.12. The Morgan fingerprint density at radius 3 is 1.72 bits per heavy atom. The van der Waals surface area contributed by atoms with Crippen LogP contribution in [0.25, 0.3) is 0 Å². The Hall–Kier alpha value is -1.26. The van der Waals surface area contributed by atoms with Crippen molar-refractivity contribution in [2.75, 3.05) is 6.54 Å². The summed E-state index contributed by atoms with van der Waals surface area (Å²) >= 11 is 0. The summed E-state index contributed by atoms with van der Waals surface area (Å²) in [4.78, 5) is 25.0. The molecular weight excluding hydrogens is 498 g/mol. The van der Waals surface area contributed by atoms with E-state index in [9.17, 15) is 24.9 Å². The fourth-order valence-electron chi connectivity index (χ4n) is 11.5. The molecule has 6 N–H and O–H groups in total. The fourth-order valence-corrected chi connectivity index (χ4v) is 11.5. The quantitative estimate of drug-likeness (QED) is 0.272. The van der Waals surface area contributed by atoms with Gasteiger partial charge >= 0.3 is 5.97 Å². The molecule has 0 radical (unpaired) electrons. The number of amides is 1. The number of rotatable bonds is 8. The third-order valence-corrected chi connectivity index (χ3v) is 11.9. The maximum Gasteiger partial charge on any atom is 0.351 e. The van der Waals surface area contributed by atoms with E-state index in [-0.39, 0.29) is 30.0 Å². The third kappa shape index (κ3) is 4.74. The van der Waals surface area contributed by atoms with Crippen LogP contribution in [0.15, 0.2) is 0 Å². The van der Waals surface area contributed by atoms with E-state index in [1.165, 1.54) is 45.4 Å². The van der Waals surface area contributed by atoms with Crippen molar-refractivity contribution >= 4 is 11.9 Å². The predicted octanol–water partition coefficient (Wildman–Crippen LogP) is 1.90. The van der Waals surface area contributed by atoms with Crippen molar-refractivity contribution in [3.63, 3.8) is 0 Å². The van der Waals surface area contributed by atoms with E-state index in [0.29, 0.717) is 17.8 Å². The summed E-state index contributed by atoms with van der Waals surface area (Å²) in [5, 5.41) is 43.4. The molecule has 8 saturated carbocycles. The SMILES string of the molecule is CC(=O)NC1C(O)CC(NC23CC4CC(CC(C4)C2)C3)(C(=O)O)OC1C(O)CNC12CC3CC(CC(C3)C1)C2. The van der Waals surface area contributed by atoms with Crippen LogP contribution in [-0.4, -0.2) is 74.9 Å². The molecule has 8 aliphatic carbocycles. The number of carbonyl (C=O) groups excluding carboxylic acids is 1. The van der Waals surface area contributed by atoms with Gasteiger partial charge < -0.3 is 30.7 Å². The van der Waals surface area contributed by atoms with Crippen LogP contribution >= 0.6 is 0 Å². The van der Waals surface area contributed by atoms with Crippen molar-refractivity contribution in [3.8, 4) is 0 Å². The second kappa shape index (κ2) is 9.38. The zero-order valence-corrected chi connectivity index (χ0v) is 23.2. The zero-order valence-electron chi connectivity index (χ0n) is 23.2. The van der Waals surface area contributed by atoms with Crippen molar-refractivity contribution < 1.29 is 29.6 Å². The van der Waals surface area contributed by atoms with Crippen LogP contribution < -0.4 is 16.0 Å². The number of aliphatic hydroxyl groups excluding tert-OH is 2. The Morgan fingerprint density at radius 1 is 0.821 bits per heavy atom. The van der Waals surface area contributed by atoms with Gasteiger partial charge in [-0.1, -0.05) is 0 Å². The minimum absolute atomic E-state index is 0.0217. The molecule has 9 nitrogen and oxygen atoms in total. The van der Waals surface area contributed by atoms with Gasteiger partial charge in [-0.15, -0.1) is 0 Å². The van der Waals surface area contributed by atoms with Gasteiger partial charge in [-0.2, -0.15) is 0 Å². The first-order valence-corrected chi connectivity index (χ1v) is 15.6. The maximum absolute atomic E-state index is 12.9. The Labute approximate surface area is 231 Å². The molecular formula is C30H47N3O6. The standard InChI is InChI=1S/C30H47N3O6/c1-16(34)32-25-23(35)14-30(27(37)38,33-29-11-20-5-21(12-29)7-22(6-20)13-29)39-26(25)24(36)15-31-28-8-17-2-18(9-28)4-19(3-17)10-28/h17-26,31,33,35-36H,2-15H2,1H3,(H,32,34)(H,37,38). The van der Waals surface area contributed by atoms with Gasteiger partial charge in [0.15, 0.2) is 0 Å². The van der Waals surface area contributed by atoms with Crippen LogP contribution in [0.3, 0.4) is 0 Å². The number of ether oxygens (including phenoxy) is 1. The van der Waals surface area contributed by atoms with Gasteiger partial charge in [0.1, 0.15) is 6.10 Å². The fraction of sp³-hybridized carbons (Fsp3) is 0.933. The molecule has 8 bridgehead atoms. The normalized spacial score (nSPS) is 52.1. The third-order valence-electron chi connectivity index (χ3n) is 11.9. The topological polar surface area (TPSA) is 140 Å².